The Balaban J connectivity index is 2.24. The van der Waals surface area contributed by atoms with E-state index in [9.17, 15) is 20.2 Å². The fourth-order valence-corrected chi connectivity index (χ4v) is 2.25. The van der Waals surface area contributed by atoms with Gasteiger partial charge in [-0.2, -0.15) is 5.26 Å². The van der Waals surface area contributed by atoms with Gasteiger partial charge >= 0.3 is 0 Å². The van der Waals surface area contributed by atoms with E-state index in [1.54, 1.807) is 24.3 Å². The minimum Gasteiger partial charge on any atom is -0.495 e. The second-order valence-corrected chi connectivity index (χ2v) is 5.23. The van der Waals surface area contributed by atoms with Gasteiger partial charge in [0.1, 0.15) is 17.4 Å². The zero-order valence-corrected chi connectivity index (χ0v) is 13.8. The van der Waals surface area contributed by atoms with Crippen LogP contribution in [0.3, 0.4) is 0 Å². The highest BCUT2D eigenvalue weighted by Crippen LogP contribution is 2.26. The van der Waals surface area contributed by atoms with Gasteiger partial charge < -0.3 is 10.1 Å². The minimum absolute atomic E-state index is 0.165. The van der Waals surface area contributed by atoms with E-state index in [2.05, 4.69) is 5.32 Å². The molecule has 0 atom stereocenters. The van der Waals surface area contributed by atoms with Gasteiger partial charge in [-0.25, -0.2) is 0 Å². The number of carbonyl (C=O) groups is 1. The molecule has 0 unspecified atom stereocenters. The zero-order valence-electron chi connectivity index (χ0n) is 13.0. The standard InChI is InChI=1S/C17H12ClN3O4/c1-25-16-6-5-11(8-15(16)18)7-12(10-19)17(22)20-13-3-2-4-14(9-13)21(23)24/h2-9H,1H3,(H,20,22)/b12-7+. The van der Waals surface area contributed by atoms with Crippen molar-refractivity contribution in [3.05, 3.63) is 68.7 Å². The number of carbonyl (C=O) groups excluding carboxylic acids is 1. The van der Waals surface area contributed by atoms with Gasteiger partial charge in [-0.1, -0.05) is 23.7 Å². The van der Waals surface area contributed by atoms with Gasteiger partial charge in [0.2, 0.25) is 0 Å². The number of hydrogen-bond donors (Lipinski definition) is 1. The molecule has 126 valence electrons. The summed E-state index contributed by atoms with van der Waals surface area (Å²) in [7, 11) is 1.48. The molecule has 8 heteroatoms. The summed E-state index contributed by atoms with van der Waals surface area (Å²) in [6, 6.07) is 12.0. The molecule has 1 N–H and O–H groups in total. The Morgan fingerprint density at radius 2 is 2.12 bits per heavy atom. The van der Waals surface area contributed by atoms with Crippen molar-refractivity contribution in [2.75, 3.05) is 12.4 Å². The van der Waals surface area contributed by atoms with Crippen molar-refractivity contribution in [3.63, 3.8) is 0 Å². The molecular weight excluding hydrogens is 346 g/mol. The van der Waals surface area contributed by atoms with Crippen molar-refractivity contribution in [1.29, 1.82) is 5.26 Å². The number of hydrogen-bond acceptors (Lipinski definition) is 5. The van der Waals surface area contributed by atoms with E-state index in [4.69, 9.17) is 16.3 Å². The number of benzene rings is 2. The van der Waals surface area contributed by atoms with E-state index in [0.717, 1.165) is 0 Å². The van der Waals surface area contributed by atoms with E-state index >= 15 is 0 Å². The van der Waals surface area contributed by atoms with Crippen molar-refractivity contribution >= 4 is 35.0 Å². The molecule has 25 heavy (non-hydrogen) atoms. The van der Waals surface area contributed by atoms with Crippen LogP contribution in [0.2, 0.25) is 5.02 Å². The molecule has 2 aromatic carbocycles. The maximum absolute atomic E-state index is 12.2. The fraction of sp³-hybridized carbons (Fsp3) is 0.0588. The summed E-state index contributed by atoms with van der Waals surface area (Å²) in [5.74, 6) is -0.215. The molecule has 0 saturated carbocycles. The monoisotopic (exact) mass is 357 g/mol. The topological polar surface area (TPSA) is 105 Å². The Kier molecular flexibility index (Phi) is 5.71. The van der Waals surface area contributed by atoms with Crippen molar-refractivity contribution in [2.24, 2.45) is 0 Å². The number of nitrogens with zero attached hydrogens (tertiary/aromatic N) is 2. The van der Waals surface area contributed by atoms with Gasteiger partial charge in [-0.05, 0) is 29.8 Å². The zero-order chi connectivity index (χ0) is 18.4. The smallest absolute Gasteiger partial charge is 0.271 e. The Morgan fingerprint density at radius 3 is 2.72 bits per heavy atom. The molecule has 2 rings (SSSR count). The Bertz CT molecular complexity index is 903. The van der Waals surface area contributed by atoms with E-state index in [-0.39, 0.29) is 16.9 Å². The summed E-state index contributed by atoms with van der Waals surface area (Å²) < 4.78 is 5.04. The second-order valence-electron chi connectivity index (χ2n) is 4.83. The van der Waals surface area contributed by atoms with Crippen LogP contribution in [0.1, 0.15) is 5.56 Å². The summed E-state index contributed by atoms with van der Waals surface area (Å²) in [4.78, 5) is 22.4. The molecule has 0 fully saturated rings. The fourth-order valence-electron chi connectivity index (χ4n) is 1.98. The molecule has 0 bridgehead atoms. The summed E-state index contributed by atoms with van der Waals surface area (Å²) >= 11 is 6.01. The number of rotatable bonds is 5. The average Bonchev–Trinajstić information content (AvgIpc) is 2.59. The van der Waals surface area contributed by atoms with E-state index in [1.165, 1.54) is 37.5 Å². The third-order valence-corrected chi connectivity index (χ3v) is 3.46. The number of nitro groups is 1. The summed E-state index contributed by atoms with van der Waals surface area (Å²) in [6.07, 6.45) is 1.36. The number of amides is 1. The number of ether oxygens (including phenoxy) is 1. The van der Waals surface area contributed by atoms with Crippen molar-refractivity contribution in [1.82, 2.24) is 0 Å². The number of methoxy groups -OCH3 is 1. The lowest BCUT2D eigenvalue weighted by atomic mass is 10.1. The molecular formula is C17H12ClN3O4. The Morgan fingerprint density at radius 1 is 1.36 bits per heavy atom. The summed E-state index contributed by atoms with van der Waals surface area (Å²) in [6.45, 7) is 0. The van der Waals surface area contributed by atoms with Crippen molar-refractivity contribution in [2.45, 2.75) is 0 Å². The molecule has 0 aliphatic carbocycles. The number of non-ortho nitro benzene ring substituents is 1. The summed E-state index contributed by atoms with van der Waals surface area (Å²) in [5, 5.41) is 22.8. The molecule has 0 aliphatic rings. The van der Waals surface area contributed by atoms with Crippen LogP contribution in [0.15, 0.2) is 48.0 Å². The third-order valence-electron chi connectivity index (χ3n) is 3.17. The van der Waals surface area contributed by atoms with Gasteiger partial charge in [0.25, 0.3) is 11.6 Å². The molecule has 0 aliphatic heterocycles. The van der Waals surface area contributed by atoms with Crippen LogP contribution in [0.5, 0.6) is 5.75 Å². The largest absolute Gasteiger partial charge is 0.495 e. The second kappa shape index (κ2) is 7.95. The predicted octanol–water partition coefficient (Wildman–Crippen LogP) is 3.80. The number of nitrogens with one attached hydrogen (secondary N) is 1. The minimum atomic E-state index is -0.685. The van der Waals surface area contributed by atoms with Crippen LogP contribution < -0.4 is 10.1 Å². The third kappa shape index (κ3) is 4.56. The van der Waals surface area contributed by atoms with Crippen LogP contribution in [-0.2, 0) is 4.79 Å². The lowest BCUT2D eigenvalue weighted by Crippen LogP contribution is -2.13. The molecule has 0 saturated heterocycles. The Hall–Kier alpha value is -3.37. The maximum Gasteiger partial charge on any atom is 0.271 e. The van der Waals surface area contributed by atoms with E-state index in [1.807, 2.05) is 0 Å². The normalized spacial score (nSPS) is 10.7. The number of anilines is 1. The van der Waals surface area contributed by atoms with Gasteiger partial charge in [0.05, 0.1) is 17.1 Å². The average molecular weight is 358 g/mol. The van der Waals surface area contributed by atoms with Gasteiger partial charge in [-0.3, -0.25) is 14.9 Å². The van der Waals surface area contributed by atoms with E-state index in [0.29, 0.717) is 16.3 Å². The highest BCUT2D eigenvalue weighted by Gasteiger charge is 2.12. The van der Waals surface area contributed by atoms with Crippen LogP contribution in [0, 0.1) is 21.4 Å². The van der Waals surface area contributed by atoms with Crippen LogP contribution in [-0.4, -0.2) is 17.9 Å². The number of halogens is 1. The predicted molar refractivity (Wildman–Crippen MR) is 93.3 cm³/mol. The molecule has 7 nitrogen and oxygen atoms in total. The first-order valence-corrected chi connectivity index (χ1v) is 7.33. The SMILES string of the molecule is COc1ccc(/C=C(\C#N)C(=O)Nc2cccc([N+](=O)[O-])c2)cc1Cl. The van der Waals surface area contributed by atoms with Gasteiger partial charge in [0, 0.05) is 17.8 Å². The first kappa shape index (κ1) is 18.0. The highest BCUT2D eigenvalue weighted by atomic mass is 35.5. The summed E-state index contributed by atoms with van der Waals surface area (Å²) in [5.41, 5.74) is 0.416. The molecule has 0 heterocycles. The number of nitriles is 1. The molecule has 0 radical (unpaired) electrons. The lowest BCUT2D eigenvalue weighted by Gasteiger charge is -2.05. The first-order chi connectivity index (χ1) is 11.9. The van der Waals surface area contributed by atoms with Crippen molar-refractivity contribution < 1.29 is 14.5 Å². The number of nitro benzene ring substituents is 1. The van der Waals surface area contributed by atoms with Gasteiger partial charge in [-0.15, -0.1) is 0 Å². The highest BCUT2D eigenvalue weighted by molar-refractivity contribution is 6.32. The maximum atomic E-state index is 12.2. The first-order valence-electron chi connectivity index (χ1n) is 6.95. The van der Waals surface area contributed by atoms with Crippen LogP contribution in [0.4, 0.5) is 11.4 Å². The van der Waals surface area contributed by atoms with Crippen LogP contribution >= 0.6 is 11.6 Å². The Labute approximate surface area is 148 Å². The van der Waals surface area contributed by atoms with Crippen LogP contribution in [0.25, 0.3) is 6.08 Å². The van der Waals surface area contributed by atoms with E-state index < -0.39 is 10.8 Å². The molecule has 1 amide bonds. The van der Waals surface area contributed by atoms with Crippen molar-refractivity contribution in [3.8, 4) is 11.8 Å². The molecule has 2 aromatic rings. The molecule has 0 aromatic heterocycles. The molecule has 0 spiro atoms. The quantitative estimate of drug-likeness (QED) is 0.379. The lowest BCUT2D eigenvalue weighted by molar-refractivity contribution is -0.384. The van der Waals surface area contributed by atoms with Gasteiger partial charge in [0.15, 0.2) is 0 Å².